The van der Waals surface area contributed by atoms with Gasteiger partial charge in [-0.15, -0.1) is 0 Å². The van der Waals surface area contributed by atoms with Crippen LogP contribution in [0.2, 0.25) is 0 Å². The van der Waals surface area contributed by atoms with Gasteiger partial charge in [-0.3, -0.25) is 0 Å². The Morgan fingerprint density at radius 2 is 1.79 bits per heavy atom. The zero-order valence-electron chi connectivity index (χ0n) is 12.6. The van der Waals surface area contributed by atoms with Crippen LogP contribution in [-0.2, 0) is 0 Å². The molecule has 2 atom stereocenters. The fraction of sp³-hybridized carbons (Fsp3) is 0.667. The van der Waals surface area contributed by atoms with Crippen LogP contribution in [0.5, 0.6) is 0 Å². The molecule has 2 rings (SSSR count). The number of hydrogen-bond donors (Lipinski definition) is 0. The fourth-order valence-corrected chi connectivity index (χ4v) is 7.21. The van der Waals surface area contributed by atoms with E-state index in [2.05, 4.69) is 44.2 Å². The van der Waals surface area contributed by atoms with Crippen molar-refractivity contribution in [3.63, 3.8) is 0 Å². The molecule has 1 aliphatic carbocycles. The molecule has 106 valence electrons. The van der Waals surface area contributed by atoms with Crippen LogP contribution < -0.4 is 5.30 Å². The molecular weight excluding hydrogens is 247 g/mol. The first-order valence-electron chi connectivity index (χ1n) is 8.20. The maximum Gasteiger partial charge on any atom is -0.0166 e. The second-order valence-corrected chi connectivity index (χ2v) is 8.68. The summed E-state index contributed by atoms with van der Waals surface area (Å²) in [5, 5.41) is 1.67. The van der Waals surface area contributed by atoms with E-state index in [4.69, 9.17) is 0 Å². The third-order valence-electron chi connectivity index (χ3n) is 4.53. The van der Waals surface area contributed by atoms with E-state index in [-0.39, 0.29) is 7.92 Å². The van der Waals surface area contributed by atoms with Gasteiger partial charge in [-0.05, 0) is 42.3 Å². The molecule has 0 N–H and O–H groups in total. The van der Waals surface area contributed by atoms with Gasteiger partial charge < -0.3 is 0 Å². The van der Waals surface area contributed by atoms with Crippen LogP contribution in [-0.4, -0.2) is 11.3 Å². The van der Waals surface area contributed by atoms with Crippen LogP contribution in [0.25, 0.3) is 0 Å². The van der Waals surface area contributed by atoms with Crippen molar-refractivity contribution in [2.75, 3.05) is 0 Å². The lowest BCUT2D eigenvalue weighted by Crippen LogP contribution is -2.20. The van der Waals surface area contributed by atoms with E-state index in [1.54, 1.807) is 5.30 Å². The Morgan fingerprint density at radius 1 is 1.11 bits per heavy atom. The monoisotopic (exact) mass is 276 g/mol. The zero-order valence-corrected chi connectivity index (χ0v) is 13.5. The van der Waals surface area contributed by atoms with E-state index in [9.17, 15) is 0 Å². The van der Waals surface area contributed by atoms with Gasteiger partial charge >= 0.3 is 0 Å². The fourth-order valence-electron chi connectivity index (χ4n) is 3.48. The van der Waals surface area contributed by atoms with E-state index in [0.29, 0.717) is 0 Å². The van der Waals surface area contributed by atoms with E-state index in [1.165, 1.54) is 51.4 Å². The Labute approximate surface area is 120 Å². The second-order valence-electron chi connectivity index (χ2n) is 5.89. The van der Waals surface area contributed by atoms with Gasteiger partial charge in [0.05, 0.1) is 0 Å². The highest BCUT2D eigenvalue weighted by atomic mass is 31.1. The SMILES string of the molecule is CCCC[C@H](CC)[P@](c1ccccc1)C1CCCC1. The van der Waals surface area contributed by atoms with Crippen LogP contribution in [0.3, 0.4) is 0 Å². The summed E-state index contributed by atoms with van der Waals surface area (Å²) in [6, 6.07) is 11.5. The smallest absolute Gasteiger partial charge is 0.0166 e. The molecule has 0 bridgehead atoms. The molecule has 0 aliphatic heterocycles. The molecule has 0 heterocycles. The van der Waals surface area contributed by atoms with Crippen molar-refractivity contribution in [2.24, 2.45) is 0 Å². The summed E-state index contributed by atoms with van der Waals surface area (Å²) in [7, 11) is 0.0680. The molecule has 1 aromatic carbocycles. The van der Waals surface area contributed by atoms with Gasteiger partial charge in [-0.25, -0.2) is 0 Å². The van der Waals surface area contributed by atoms with Gasteiger partial charge in [0.25, 0.3) is 0 Å². The van der Waals surface area contributed by atoms with Crippen molar-refractivity contribution in [1.82, 2.24) is 0 Å². The first kappa shape index (κ1) is 15.0. The predicted octanol–water partition coefficient (Wildman–Crippen LogP) is 5.71. The Bertz CT molecular complexity index is 340. The van der Waals surface area contributed by atoms with Crippen LogP contribution in [0.4, 0.5) is 0 Å². The van der Waals surface area contributed by atoms with Gasteiger partial charge in [-0.1, -0.05) is 77.8 Å². The Hall–Kier alpha value is -0.350. The third kappa shape index (κ3) is 4.06. The van der Waals surface area contributed by atoms with Crippen molar-refractivity contribution in [3.05, 3.63) is 30.3 Å². The highest BCUT2D eigenvalue weighted by molar-refractivity contribution is 7.67. The molecule has 0 spiro atoms. The van der Waals surface area contributed by atoms with Gasteiger partial charge in [0, 0.05) is 0 Å². The summed E-state index contributed by atoms with van der Waals surface area (Å²) in [6.45, 7) is 4.74. The first-order valence-corrected chi connectivity index (χ1v) is 9.68. The molecule has 19 heavy (non-hydrogen) atoms. The lowest BCUT2D eigenvalue weighted by molar-refractivity contribution is 0.658. The molecule has 0 nitrogen and oxygen atoms in total. The molecule has 1 aliphatic rings. The van der Waals surface area contributed by atoms with E-state index < -0.39 is 0 Å². The van der Waals surface area contributed by atoms with E-state index >= 15 is 0 Å². The van der Waals surface area contributed by atoms with Crippen molar-refractivity contribution in [2.45, 2.75) is 76.5 Å². The van der Waals surface area contributed by atoms with Crippen molar-refractivity contribution < 1.29 is 0 Å². The van der Waals surface area contributed by atoms with Crippen LogP contribution >= 0.6 is 7.92 Å². The molecule has 1 fully saturated rings. The predicted molar refractivity (Wildman–Crippen MR) is 88.9 cm³/mol. The zero-order chi connectivity index (χ0) is 13.5. The number of rotatable bonds is 7. The quantitative estimate of drug-likeness (QED) is 0.560. The van der Waals surface area contributed by atoms with Gasteiger partial charge in [0.15, 0.2) is 0 Å². The summed E-state index contributed by atoms with van der Waals surface area (Å²) in [6.07, 6.45) is 11.5. The minimum atomic E-state index is 0.0680. The number of hydrogen-bond acceptors (Lipinski definition) is 0. The number of unbranched alkanes of at least 4 members (excludes halogenated alkanes) is 1. The maximum atomic E-state index is 2.41. The molecule has 1 saturated carbocycles. The minimum absolute atomic E-state index is 0.0680. The molecule has 0 aromatic heterocycles. The standard InChI is InChI=1S/C18H29P/c1-3-5-11-16(4-2)19(18-14-9-10-15-18)17-12-7-6-8-13-17/h6-8,12-13,16,18H,3-5,9-11,14-15H2,1-2H3/t16-,19+/m0/s1. The van der Waals surface area contributed by atoms with Crippen LogP contribution in [0, 0.1) is 0 Å². The number of benzene rings is 1. The Kier molecular flexibility index (Phi) is 6.38. The topological polar surface area (TPSA) is 0 Å². The summed E-state index contributed by atoms with van der Waals surface area (Å²) < 4.78 is 0. The van der Waals surface area contributed by atoms with Crippen LogP contribution in [0.1, 0.15) is 65.2 Å². The molecular formula is C18H29P. The Morgan fingerprint density at radius 3 is 2.37 bits per heavy atom. The first-order chi connectivity index (χ1) is 9.36. The lowest BCUT2D eigenvalue weighted by atomic mass is 10.2. The molecule has 0 amide bonds. The largest absolute Gasteiger partial charge is 0.0690 e. The molecule has 1 heteroatoms. The normalized spacial score (nSPS) is 19.5. The van der Waals surface area contributed by atoms with E-state index in [0.717, 1.165) is 11.3 Å². The summed E-state index contributed by atoms with van der Waals surface area (Å²) in [4.78, 5) is 0. The molecule has 0 unspecified atom stereocenters. The summed E-state index contributed by atoms with van der Waals surface area (Å²) in [5.74, 6) is 0. The second kappa shape index (κ2) is 8.05. The van der Waals surface area contributed by atoms with Gasteiger partial charge in [0.2, 0.25) is 0 Å². The van der Waals surface area contributed by atoms with Gasteiger partial charge in [0.1, 0.15) is 0 Å². The minimum Gasteiger partial charge on any atom is -0.0690 e. The molecule has 0 saturated heterocycles. The summed E-state index contributed by atoms with van der Waals surface area (Å²) in [5.41, 5.74) is 1.97. The van der Waals surface area contributed by atoms with Crippen molar-refractivity contribution in [1.29, 1.82) is 0 Å². The molecule has 0 radical (unpaired) electrons. The lowest BCUT2D eigenvalue weighted by Gasteiger charge is -2.32. The van der Waals surface area contributed by atoms with Crippen molar-refractivity contribution >= 4 is 13.2 Å². The van der Waals surface area contributed by atoms with Crippen LogP contribution in [0.15, 0.2) is 30.3 Å². The third-order valence-corrected chi connectivity index (χ3v) is 8.14. The Balaban J connectivity index is 2.17. The summed E-state index contributed by atoms with van der Waals surface area (Å²) >= 11 is 0. The maximum absolute atomic E-state index is 2.41. The van der Waals surface area contributed by atoms with E-state index in [1.807, 2.05) is 0 Å². The average molecular weight is 276 g/mol. The van der Waals surface area contributed by atoms with Crippen molar-refractivity contribution in [3.8, 4) is 0 Å². The molecule has 1 aromatic rings. The van der Waals surface area contributed by atoms with Gasteiger partial charge in [-0.2, -0.15) is 0 Å². The highest BCUT2D eigenvalue weighted by Gasteiger charge is 2.30. The highest BCUT2D eigenvalue weighted by Crippen LogP contribution is 2.54. The average Bonchev–Trinajstić information content (AvgIpc) is 2.98.